The fourth-order valence-electron chi connectivity index (χ4n) is 4.51. The Labute approximate surface area is 256 Å². The van der Waals surface area contributed by atoms with Crippen LogP contribution in [0.5, 0.6) is 5.75 Å². The van der Waals surface area contributed by atoms with Gasteiger partial charge in [-0.2, -0.15) is 4.99 Å². The number of carbonyl (C=O) groups excluding carboxylic acids is 1. The number of benzene rings is 3. The molecule has 4 aromatic rings. The monoisotopic (exact) mass is 624 g/mol. The fourth-order valence-corrected chi connectivity index (χ4v) is 5.62. The van der Waals surface area contributed by atoms with Crippen molar-refractivity contribution in [3.8, 4) is 22.8 Å². The van der Waals surface area contributed by atoms with Crippen LogP contribution in [0.15, 0.2) is 84.1 Å². The van der Waals surface area contributed by atoms with Gasteiger partial charge >= 0.3 is 6.36 Å². The molecule has 13 heteroatoms. The number of amidine groups is 1. The predicted molar refractivity (Wildman–Crippen MR) is 166 cm³/mol. The number of nitrogens with one attached hydrogen (secondary N) is 1. The van der Waals surface area contributed by atoms with Crippen LogP contribution in [0.4, 0.5) is 18.9 Å². The van der Waals surface area contributed by atoms with Crippen LogP contribution in [0, 0.1) is 0 Å². The molecule has 5 rings (SSSR count). The van der Waals surface area contributed by atoms with E-state index in [4.69, 9.17) is 12.2 Å². The average molecular weight is 625 g/mol. The number of thiocarbonyl (C=S) groups is 1. The summed E-state index contributed by atoms with van der Waals surface area (Å²) in [6, 6.07) is 21.1. The molecule has 1 N–H and O–H groups in total. The summed E-state index contributed by atoms with van der Waals surface area (Å²) in [5.74, 6) is 0.497. The van der Waals surface area contributed by atoms with Crippen molar-refractivity contribution >= 4 is 45.9 Å². The Kier molecular flexibility index (Phi) is 9.41. The molecule has 8 nitrogen and oxygen atoms in total. The summed E-state index contributed by atoms with van der Waals surface area (Å²) in [7, 11) is 0. The zero-order valence-corrected chi connectivity index (χ0v) is 24.7. The second kappa shape index (κ2) is 13.4. The van der Waals surface area contributed by atoms with Crippen molar-refractivity contribution in [3.63, 3.8) is 0 Å². The molecule has 1 aliphatic rings. The number of hydrogen-bond acceptors (Lipinski definition) is 6. The van der Waals surface area contributed by atoms with Gasteiger partial charge < -0.3 is 10.1 Å². The van der Waals surface area contributed by atoms with Crippen LogP contribution in [0.25, 0.3) is 17.1 Å². The molecule has 1 amide bonds. The molecule has 0 spiro atoms. The molecular formula is C30H27F3N6O2S2. The third kappa shape index (κ3) is 7.79. The number of carbonyl (C=O) groups is 1. The number of anilines is 1. The second-order valence-corrected chi connectivity index (χ2v) is 10.8. The van der Waals surface area contributed by atoms with Crippen LogP contribution in [0.2, 0.25) is 0 Å². The lowest BCUT2D eigenvalue weighted by molar-refractivity contribution is -0.274. The maximum absolute atomic E-state index is 12.6. The minimum absolute atomic E-state index is 0.0138. The van der Waals surface area contributed by atoms with E-state index in [1.54, 1.807) is 4.90 Å². The number of aliphatic imine (C=N–C) groups is 1. The highest BCUT2D eigenvalue weighted by Crippen LogP contribution is 2.30. The predicted octanol–water partition coefficient (Wildman–Crippen LogP) is 6.34. The van der Waals surface area contributed by atoms with E-state index in [-0.39, 0.29) is 11.7 Å². The summed E-state index contributed by atoms with van der Waals surface area (Å²) in [4.78, 5) is 23.2. The number of rotatable bonds is 9. The summed E-state index contributed by atoms with van der Waals surface area (Å²) in [6.45, 7) is 2.65. The third-order valence-electron chi connectivity index (χ3n) is 6.51. The molecule has 1 aliphatic heterocycles. The molecule has 0 bridgehead atoms. The van der Waals surface area contributed by atoms with Gasteiger partial charge in [-0.25, -0.2) is 9.67 Å². The van der Waals surface area contributed by atoms with Crippen LogP contribution in [-0.2, 0) is 17.6 Å². The van der Waals surface area contributed by atoms with E-state index < -0.39 is 6.36 Å². The standard InChI is InChI=1S/C30H27F3N6O2S2/c1-2-21-9-3-4-11-25(21)39-26(40)18-43-29(39)36-28(42)34-16-6-8-20-7-5-10-22(17-20)27-35-19-38(37-27)23-12-14-24(15-13-23)41-30(31,32)33/h3-5,7,9-15,17,19H,2,6,8,16,18H2,1H3,(H,34,42)/b36-29-. The van der Waals surface area contributed by atoms with Crippen LogP contribution < -0.4 is 15.0 Å². The largest absolute Gasteiger partial charge is 0.573 e. The zero-order chi connectivity index (χ0) is 30.4. The van der Waals surface area contributed by atoms with Gasteiger partial charge in [0.2, 0.25) is 5.91 Å². The van der Waals surface area contributed by atoms with Crippen LogP contribution in [0.1, 0.15) is 24.5 Å². The Morgan fingerprint density at radius 3 is 2.67 bits per heavy atom. The van der Waals surface area contributed by atoms with Crippen molar-refractivity contribution in [1.29, 1.82) is 0 Å². The molecule has 1 aromatic heterocycles. The van der Waals surface area contributed by atoms with Gasteiger partial charge in [0, 0.05) is 12.1 Å². The Bertz CT molecular complexity index is 1640. The number of halogens is 3. The van der Waals surface area contributed by atoms with Crippen LogP contribution in [-0.4, -0.2) is 49.6 Å². The lowest BCUT2D eigenvalue weighted by atomic mass is 10.1. The van der Waals surface area contributed by atoms with Gasteiger partial charge in [0.15, 0.2) is 16.1 Å². The zero-order valence-electron chi connectivity index (χ0n) is 23.0. The van der Waals surface area contributed by atoms with E-state index in [0.29, 0.717) is 34.1 Å². The summed E-state index contributed by atoms with van der Waals surface area (Å²) < 4.78 is 42.7. The van der Waals surface area contributed by atoms with E-state index in [1.807, 2.05) is 48.5 Å². The maximum Gasteiger partial charge on any atom is 0.573 e. The van der Waals surface area contributed by atoms with Crippen molar-refractivity contribution in [1.82, 2.24) is 20.1 Å². The van der Waals surface area contributed by atoms with E-state index >= 15 is 0 Å². The SMILES string of the molecule is CCc1ccccc1N1C(=O)CS/C1=N\C(=S)NCCCc1cccc(-c2ncn(-c3ccc(OC(F)(F)F)cc3)n2)c1. The Morgan fingerprint density at radius 2 is 1.91 bits per heavy atom. The highest BCUT2D eigenvalue weighted by atomic mass is 32.2. The molecule has 3 aromatic carbocycles. The minimum atomic E-state index is -4.75. The first kappa shape index (κ1) is 30.2. The molecule has 43 heavy (non-hydrogen) atoms. The fraction of sp³-hybridized carbons (Fsp3) is 0.233. The average Bonchev–Trinajstić information content (AvgIpc) is 3.62. The number of para-hydroxylation sites is 1. The van der Waals surface area contributed by atoms with Gasteiger partial charge in [-0.15, -0.1) is 18.3 Å². The van der Waals surface area contributed by atoms with Crippen LogP contribution in [0.3, 0.4) is 0 Å². The van der Waals surface area contributed by atoms with Gasteiger partial charge in [0.1, 0.15) is 12.1 Å². The number of aromatic nitrogens is 3. The normalized spacial score (nSPS) is 14.4. The highest BCUT2D eigenvalue weighted by molar-refractivity contribution is 8.15. The number of aryl methyl sites for hydroxylation is 2. The molecule has 1 saturated heterocycles. The molecule has 2 heterocycles. The van der Waals surface area contributed by atoms with Crippen LogP contribution >= 0.6 is 24.0 Å². The summed E-state index contributed by atoms with van der Waals surface area (Å²) in [5, 5.41) is 8.56. The molecule has 222 valence electrons. The van der Waals surface area contributed by atoms with Gasteiger partial charge in [-0.1, -0.05) is 55.1 Å². The second-order valence-electron chi connectivity index (χ2n) is 9.48. The van der Waals surface area contributed by atoms with Crippen molar-refractivity contribution < 1.29 is 22.7 Å². The molecule has 0 atom stereocenters. The first-order valence-corrected chi connectivity index (χ1v) is 14.9. The van der Waals surface area contributed by atoms with Crippen molar-refractivity contribution in [3.05, 3.63) is 90.3 Å². The van der Waals surface area contributed by atoms with Crippen molar-refractivity contribution in [2.24, 2.45) is 4.99 Å². The number of thioether (sulfide) groups is 1. The smallest absolute Gasteiger partial charge is 0.406 e. The molecular weight excluding hydrogens is 597 g/mol. The van der Waals surface area contributed by atoms with Gasteiger partial charge in [-0.05, 0) is 79.0 Å². The minimum Gasteiger partial charge on any atom is -0.406 e. The first-order chi connectivity index (χ1) is 20.7. The highest BCUT2D eigenvalue weighted by Gasteiger charge is 2.32. The Balaban J connectivity index is 1.15. The molecule has 1 fully saturated rings. The lowest BCUT2D eigenvalue weighted by Crippen LogP contribution is -2.32. The molecule has 0 unspecified atom stereocenters. The Morgan fingerprint density at radius 1 is 1.12 bits per heavy atom. The van der Waals surface area contributed by atoms with E-state index in [0.717, 1.165) is 41.6 Å². The summed E-state index contributed by atoms with van der Waals surface area (Å²) >= 11 is 6.83. The van der Waals surface area contributed by atoms with E-state index in [2.05, 4.69) is 32.1 Å². The van der Waals surface area contributed by atoms with Crippen molar-refractivity contribution in [2.45, 2.75) is 32.5 Å². The molecule has 0 radical (unpaired) electrons. The van der Waals surface area contributed by atoms with Gasteiger partial charge in [0.25, 0.3) is 0 Å². The van der Waals surface area contributed by atoms with E-state index in [1.165, 1.54) is 47.0 Å². The summed E-state index contributed by atoms with van der Waals surface area (Å²) in [6.07, 6.45) is -0.880. The number of amides is 1. The van der Waals surface area contributed by atoms with Gasteiger partial charge in [0.05, 0.1) is 17.1 Å². The maximum atomic E-state index is 12.6. The summed E-state index contributed by atoms with van der Waals surface area (Å²) in [5.41, 5.74) is 4.37. The van der Waals surface area contributed by atoms with Crippen molar-refractivity contribution in [2.75, 3.05) is 17.2 Å². The molecule has 0 aliphatic carbocycles. The first-order valence-electron chi connectivity index (χ1n) is 13.5. The number of nitrogens with zero attached hydrogens (tertiary/aromatic N) is 5. The lowest BCUT2D eigenvalue weighted by Gasteiger charge is -2.19. The number of alkyl halides is 3. The van der Waals surface area contributed by atoms with Gasteiger partial charge in [-0.3, -0.25) is 9.69 Å². The quantitative estimate of drug-likeness (QED) is 0.172. The third-order valence-corrected chi connectivity index (χ3v) is 7.67. The topological polar surface area (TPSA) is 84.6 Å². The number of ether oxygens (including phenoxy) is 1. The number of hydrogen-bond donors (Lipinski definition) is 1. The molecule has 0 saturated carbocycles. The Hall–Kier alpha value is -4.23. The van der Waals surface area contributed by atoms with E-state index in [9.17, 15) is 18.0 Å².